The van der Waals surface area contributed by atoms with Crippen LogP contribution in [0.4, 0.5) is 17.1 Å². The third kappa shape index (κ3) is 4.50. The molecular formula is C21H12Br3N5O3. The van der Waals surface area contributed by atoms with Crippen LogP contribution in [0.15, 0.2) is 95.2 Å². The summed E-state index contributed by atoms with van der Waals surface area (Å²) in [4.78, 5) is 23.7. The number of nitrogens with one attached hydrogen (secondary N) is 1. The van der Waals surface area contributed by atoms with E-state index in [2.05, 4.69) is 63.1 Å². The minimum atomic E-state index is -0.496. The van der Waals surface area contributed by atoms with Crippen molar-refractivity contribution in [3.8, 4) is 16.9 Å². The number of aromatic amines is 1. The molecule has 160 valence electrons. The monoisotopic (exact) mass is 619 g/mol. The number of azo groups is 1. The van der Waals surface area contributed by atoms with Gasteiger partial charge in [-0.2, -0.15) is 0 Å². The van der Waals surface area contributed by atoms with Gasteiger partial charge in [0.2, 0.25) is 0 Å². The van der Waals surface area contributed by atoms with Gasteiger partial charge in [-0.05, 0) is 56.1 Å². The third-order valence-corrected chi connectivity index (χ3v) is 6.15. The number of non-ortho nitro benzene ring substituents is 1. The second-order valence-corrected chi connectivity index (χ2v) is 9.16. The second-order valence-electron chi connectivity index (χ2n) is 6.53. The molecule has 1 N–H and O–H groups in total. The second kappa shape index (κ2) is 9.31. The zero-order valence-corrected chi connectivity index (χ0v) is 20.8. The Morgan fingerprint density at radius 1 is 0.875 bits per heavy atom. The number of rotatable bonds is 5. The van der Waals surface area contributed by atoms with E-state index in [1.54, 1.807) is 0 Å². The average molecular weight is 622 g/mol. The summed E-state index contributed by atoms with van der Waals surface area (Å²) in [5, 5.41) is 22.6. The zero-order valence-electron chi connectivity index (χ0n) is 16.0. The van der Waals surface area contributed by atoms with Crippen LogP contribution in [-0.4, -0.2) is 14.7 Å². The van der Waals surface area contributed by atoms with Gasteiger partial charge in [-0.15, -0.1) is 10.2 Å². The molecule has 0 amide bonds. The zero-order chi connectivity index (χ0) is 22.8. The summed E-state index contributed by atoms with van der Waals surface area (Å²) in [5.74, 6) is 0. The van der Waals surface area contributed by atoms with Gasteiger partial charge in [-0.25, -0.2) is 4.68 Å². The van der Waals surface area contributed by atoms with Gasteiger partial charge in [0.15, 0.2) is 5.69 Å². The van der Waals surface area contributed by atoms with E-state index in [9.17, 15) is 14.9 Å². The molecule has 1 heterocycles. The van der Waals surface area contributed by atoms with Crippen LogP contribution in [0.25, 0.3) is 16.9 Å². The molecule has 0 unspecified atom stereocenters. The van der Waals surface area contributed by atoms with Gasteiger partial charge < -0.3 is 0 Å². The van der Waals surface area contributed by atoms with Crippen LogP contribution >= 0.6 is 47.8 Å². The van der Waals surface area contributed by atoms with E-state index >= 15 is 0 Å². The van der Waals surface area contributed by atoms with Gasteiger partial charge in [-0.3, -0.25) is 20.0 Å². The number of hydrogen-bond acceptors (Lipinski definition) is 5. The molecule has 32 heavy (non-hydrogen) atoms. The fourth-order valence-electron chi connectivity index (χ4n) is 2.96. The van der Waals surface area contributed by atoms with Gasteiger partial charge in [0.25, 0.3) is 11.2 Å². The largest absolute Gasteiger partial charge is 0.299 e. The number of nitrogens with zero attached hydrogens (tertiary/aromatic N) is 4. The average Bonchev–Trinajstić information content (AvgIpc) is 3.10. The van der Waals surface area contributed by atoms with E-state index in [0.717, 1.165) is 10.0 Å². The van der Waals surface area contributed by atoms with Crippen molar-refractivity contribution in [3.63, 3.8) is 0 Å². The Morgan fingerprint density at radius 3 is 2.06 bits per heavy atom. The maximum atomic E-state index is 13.2. The van der Waals surface area contributed by atoms with Crippen LogP contribution in [0.5, 0.6) is 0 Å². The molecule has 0 atom stereocenters. The van der Waals surface area contributed by atoms with E-state index in [-0.39, 0.29) is 11.4 Å². The highest BCUT2D eigenvalue weighted by molar-refractivity contribution is 9.11. The first-order chi connectivity index (χ1) is 15.3. The fraction of sp³-hybridized carbons (Fsp3) is 0. The van der Waals surface area contributed by atoms with Gasteiger partial charge in [0, 0.05) is 31.1 Å². The number of H-pyrrole nitrogens is 1. The number of hydrogen-bond donors (Lipinski definition) is 1. The van der Waals surface area contributed by atoms with Crippen molar-refractivity contribution in [1.82, 2.24) is 9.78 Å². The van der Waals surface area contributed by atoms with Crippen LogP contribution in [0.3, 0.4) is 0 Å². The van der Waals surface area contributed by atoms with Gasteiger partial charge in [0.1, 0.15) is 5.69 Å². The maximum absolute atomic E-state index is 13.2. The van der Waals surface area contributed by atoms with E-state index in [1.165, 1.54) is 28.9 Å². The molecule has 11 heteroatoms. The molecule has 0 fully saturated rings. The molecule has 8 nitrogen and oxygen atoms in total. The summed E-state index contributed by atoms with van der Waals surface area (Å²) >= 11 is 10.3. The lowest BCUT2D eigenvalue weighted by Gasteiger charge is -2.02. The molecule has 0 radical (unpaired) electrons. The highest BCUT2D eigenvalue weighted by Gasteiger charge is 2.18. The summed E-state index contributed by atoms with van der Waals surface area (Å²) < 4.78 is 3.51. The Balaban J connectivity index is 1.86. The van der Waals surface area contributed by atoms with E-state index in [1.807, 2.05) is 42.5 Å². The van der Waals surface area contributed by atoms with Crippen molar-refractivity contribution in [1.29, 1.82) is 0 Å². The molecule has 4 rings (SSSR count). The predicted molar refractivity (Wildman–Crippen MR) is 132 cm³/mol. The highest BCUT2D eigenvalue weighted by atomic mass is 79.9. The molecule has 0 aliphatic heterocycles. The van der Waals surface area contributed by atoms with Crippen LogP contribution < -0.4 is 5.56 Å². The van der Waals surface area contributed by atoms with E-state index < -0.39 is 10.5 Å². The van der Waals surface area contributed by atoms with Crippen molar-refractivity contribution in [2.24, 2.45) is 10.2 Å². The molecular weight excluding hydrogens is 610 g/mol. The molecule has 3 aromatic carbocycles. The first-order valence-corrected chi connectivity index (χ1v) is 11.4. The number of benzene rings is 3. The lowest BCUT2D eigenvalue weighted by atomic mass is 10.1. The maximum Gasteiger partial charge on any atom is 0.299 e. The van der Waals surface area contributed by atoms with Crippen LogP contribution in [-0.2, 0) is 0 Å². The molecule has 0 aliphatic carbocycles. The lowest BCUT2D eigenvalue weighted by Crippen LogP contribution is -2.13. The van der Waals surface area contributed by atoms with E-state index in [4.69, 9.17) is 0 Å². The Hall–Kier alpha value is -2.89. The Bertz CT molecular complexity index is 1370. The number of nitro benzene ring substituents is 1. The molecule has 0 saturated carbocycles. The van der Waals surface area contributed by atoms with Crippen LogP contribution in [0.1, 0.15) is 0 Å². The third-order valence-electron chi connectivity index (χ3n) is 4.48. The van der Waals surface area contributed by atoms with Crippen LogP contribution in [0, 0.1) is 10.1 Å². The number of halogens is 3. The molecule has 0 saturated heterocycles. The number of nitro groups is 1. The van der Waals surface area contributed by atoms with Crippen molar-refractivity contribution in [3.05, 3.63) is 101 Å². The lowest BCUT2D eigenvalue weighted by molar-refractivity contribution is -0.384. The first kappa shape index (κ1) is 22.3. The summed E-state index contributed by atoms with van der Waals surface area (Å²) in [5.41, 5.74) is 1.78. The first-order valence-electron chi connectivity index (χ1n) is 9.06. The number of aromatic nitrogens is 2. The topological polar surface area (TPSA) is 106 Å². The highest BCUT2D eigenvalue weighted by Crippen LogP contribution is 2.38. The van der Waals surface area contributed by atoms with Crippen molar-refractivity contribution in [2.75, 3.05) is 0 Å². The molecule has 0 bridgehead atoms. The van der Waals surface area contributed by atoms with E-state index in [0.29, 0.717) is 26.0 Å². The van der Waals surface area contributed by atoms with Gasteiger partial charge >= 0.3 is 0 Å². The summed E-state index contributed by atoms with van der Waals surface area (Å²) in [6.45, 7) is 0. The molecule has 4 aromatic rings. The molecule has 0 spiro atoms. The summed E-state index contributed by atoms with van der Waals surface area (Å²) in [6, 6.07) is 18.6. The van der Waals surface area contributed by atoms with Gasteiger partial charge in [-0.1, -0.05) is 46.3 Å². The Morgan fingerprint density at radius 2 is 1.47 bits per heavy atom. The standard InChI is InChI=1S/C21H12Br3N5O3/c22-13-10-16(23)19(17(24)11-13)25-26-20-18(12-4-2-1-3-5-12)27-28(21(20)30)14-6-8-15(9-7-14)29(31)32/h1-11,27H. The van der Waals surface area contributed by atoms with Crippen molar-refractivity contribution < 1.29 is 4.92 Å². The fourth-order valence-corrected chi connectivity index (χ4v) is 5.38. The summed E-state index contributed by atoms with van der Waals surface area (Å²) in [6.07, 6.45) is 0. The predicted octanol–water partition coefficient (Wildman–Crippen LogP) is 7.44. The minimum Gasteiger partial charge on any atom is -0.288 e. The van der Waals surface area contributed by atoms with Crippen molar-refractivity contribution >= 4 is 64.9 Å². The summed E-state index contributed by atoms with van der Waals surface area (Å²) in [7, 11) is 0. The Labute approximate surface area is 206 Å². The quantitative estimate of drug-likeness (QED) is 0.142. The molecule has 0 aliphatic rings. The smallest absolute Gasteiger partial charge is 0.288 e. The normalized spacial score (nSPS) is 11.2. The molecule has 1 aromatic heterocycles. The SMILES string of the molecule is O=c1c(N=Nc2c(Br)cc(Br)cc2Br)c(-c2ccccc2)[nH]n1-c1ccc([N+](=O)[O-])cc1. The Kier molecular flexibility index (Phi) is 6.49. The van der Waals surface area contributed by atoms with Gasteiger partial charge in [0.05, 0.1) is 16.3 Å². The van der Waals surface area contributed by atoms with Crippen LogP contribution in [0.2, 0.25) is 0 Å². The van der Waals surface area contributed by atoms with Crippen molar-refractivity contribution in [2.45, 2.75) is 0 Å². The minimum absolute atomic E-state index is 0.0681.